The van der Waals surface area contributed by atoms with Crippen LogP contribution in [0.1, 0.15) is 10.4 Å². The standard InChI is InChI=1S/C13H8ClN3O2/c14-10-4-2-1-3-8(10)11-5-6-15-12-9(13(18)19)7-16-17(11)12/h1-7H,(H,18,19). The van der Waals surface area contributed by atoms with Gasteiger partial charge >= 0.3 is 5.97 Å². The van der Waals surface area contributed by atoms with E-state index < -0.39 is 5.97 Å². The molecule has 0 fully saturated rings. The van der Waals surface area contributed by atoms with Crippen molar-refractivity contribution in [1.29, 1.82) is 0 Å². The number of hydrogen-bond acceptors (Lipinski definition) is 3. The molecule has 2 heterocycles. The van der Waals surface area contributed by atoms with Gasteiger partial charge in [-0.2, -0.15) is 5.10 Å². The maximum absolute atomic E-state index is 11.1. The number of nitrogens with zero attached hydrogens (tertiary/aromatic N) is 3. The number of aromatic carboxylic acids is 1. The van der Waals surface area contributed by atoms with E-state index in [-0.39, 0.29) is 5.56 Å². The number of rotatable bonds is 2. The Balaban J connectivity index is 2.32. The summed E-state index contributed by atoms with van der Waals surface area (Å²) >= 11 is 6.15. The SMILES string of the molecule is O=C(O)c1cnn2c(-c3ccccc3Cl)ccnc12. The number of carbonyl (C=O) groups is 1. The van der Waals surface area contributed by atoms with E-state index in [1.807, 2.05) is 18.2 Å². The molecule has 5 nitrogen and oxygen atoms in total. The highest BCUT2D eigenvalue weighted by Gasteiger charge is 2.15. The first-order chi connectivity index (χ1) is 9.18. The minimum Gasteiger partial charge on any atom is -0.477 e. The Morgan fingerprint density at radius 2 is 2.05 bits per heavy atom. The van der Waals surface area contributed by atoms with Crippen LogP contribution < -0.4 is 0 Å². The molecule has 2 aromatic heterocycles. The van der Waals surface area contributed by atoms with E-state index in [0.717, 1.165) is 5.56 Å². The van der Waals surface area contributed by atoms with Crippen molar-refractivity contribution in [1.82, 2.24) is 14.6 Å². The zero-order chi connectivity index (χ0) is 13.4. The summed E-state index contributed by atoms with van der Waals surface area (Å²) in [6, 6.07) is 9.04. The summed E-state index contributed by atoms with van der Waals surface area (Å²) in [6.07, 6.45) is 2.83. The fourth-order valence-electron chi connectivity index (χ4n) is 1.92. The average molecular weight is 274 g/mol. The lowest BCUT2D eigenvalue weighted by atomic mass is 10.1. The van der Waals surface area contributed by atoms with Gasteiger partial charge in [-0.3, -0.25) is 0 Å². The Hall–Kier alpha value is -2.40. The van der Waals surface area contributed by atoms with Crippen LogP contribution in [0.15, 0.2) is 42.7 Å². The van der Waals surface area contributed by atoms with E-state index in [1.54, 1.807) is 18.3 Å². The Kier molecular flexibility index (Phi) is 2.68. The monoisotopic (exact) mass is 273 g/mol. The van der Waals surface area contributed by atoms with E-state index in [1.165, 1.54) is 10.7 Å². The van der Waals surface area contributed by atoms with Crippen LogP contribution >= 0.6 is 11.6 Å². The summed E-state index contributed by atoms with van der Waals surface area (Å²) in [6.45, 7) is 0. The molecule has 0 spiro atoms. The fraction of sp³-hybridized carbons (Fsp3) is 0. The molecule has 0 aliphatic heterocycles. The number of aromatic nitrogens is 3. The van der Waals surface area contributed by atoms with Crippen molar-refractivity contribution in [2.24, 2.45) is 0 Å². The van der Waals surface area contributed by atoms with Gasteiger partial charge in [-0.25, -0.2) is 14.3 Å². The van der Waals surface area contributed by atoms with Gasteiger partial charge in [0.2, 0.25) is 0 Å². The minimum absolute atomic E-state index is 0.0638. The van der Waals surface area contributed by atoms with Crippen molar-refractivity contribution in [3.63, 3.8) is 0 Å². The van der Waals surface area contributed by atoms with Crippen molar-refractivity contribution < 1.29 is 9.90 Å². The molecule has 3 rings (SSSR count). The maximum Gasteiger partial charge on any atom is 0.341 e. The predicted molar refractivity (Wildman–Crippen MR) is 70.4 cm³/mol. The summed E-state index contributed by atoms with van der Waals surface area (Å²) in [4.78, 5) is 15.1. The van der Waals surface area contributed by atoms with Gasteiger partial charge in [0.1, 0.15) is 5.56 Å². The number of benzene rings is 1. The van der Waals surface area contributed by atoms with Crippen LogP contribution in [0.5, 0.6) is 0 Å². The summed E-state index contributed by atoms with van der Waals surface area (Å²) < 4.78 is 1.48. The number of carboxylic acid groups (broad SMARTS) is 1. The molecule has 19 heavy (non-hydrogen) atoms. The highest BCUT2D eigenvalue weighted by molar-refractivity contribution is 6.33. The molecule has 0 amide bonds. The third kappa shape index (κ3) is 1.84. The molecule has 0 atom stereocenters. The molecule has 0 aliphatic rings. The molecule has 6 heteroatoms. The molecule has 94 valence electrons. The molecule has 1 aromatic carbocycles. The van der Waals surface area contributed by atoms with Gasteiger partial charge in [-0.05, 0) is 12.1 Å². The second-order valence-electron chi connectivity index (χ2n) is 3.91. The van der Waals surface area contributed by atoms with E-state index in [2.05, 4.69) is 10.1 Å². The van der Waals surface area contributed by atoms with Crippen molar-refractivity contribution >= 4 is 23.2 Å². The normalized spacial score (nSPS) is 10.8. The molecular formula is C13H8ClN3O2. The molecule has 0 radical (unpaired) electrons. The van der Waals surface area contributed by atoms with E-state index in [9.17, 15) is 4.79 Å². The third-order valence-electron chi connectivity index (χ3n) is 2.78. The smallest absolute Gasteiger partial charge is 0.341 e. The predicted octanol–water partition coefficient (Wildman–Crippen LogP) is 2.75. The van der Waals surface area contributed by atoms with Crippen molar-refractivity contribution in [2.45, 2.75) is 0 Å². The van der Waals surface area contributed by atoms with Crippen molar-refractivity contribution in [2.75, 3.05) is 0 Å². The van der Waals surface area contributed by atoms with Gasteiger partial charge in [0.25, 0.3) is 0 Å². The maximum atomic E-state index is 11.1. The summed E-state index contributed by atoms with van der Waals surface area (Å²) in [5.41, 5.74) is 1.83. The second kappa shape index (κ2) is 4.37. The third-order valence-corrected chi connectivity index (χ3v) is 3.11. The first kappa shape index (κ1) is 11.7. The number of fused-ring (bicyclic) bond motifs is 1. The molecule has 0 saturated carbocycles. The zero-order valence-corrected chi connectivity index (χ0v) is 10.4. The Morgan fingerprint density at radius 1 is 1.26 bits per heavy atom. The fourth-order valence-corrected chi connectivity index (χ4v) is 2.15. The van der Waals surface area contributed by atoms with E-state index >= 15 is 0 Å². The number of hydrogen-bond donors (Lipinski definition) is 1. The van der Waals surface area contributed by atoms with Gasteiger partial charge < -0.3 is 5.11 Å². The van der Waals surface area contributed by atoms with Crippen molar-refractivity contribution in [3.05, 3.63) is 53.3 Å². The molecule has 0 aliphatic carbocycles. The summed E-state index contributed by atoms with van der Waals surface area (Å²) in [5, 5.41) is 13.7. The van der Waals surface area contributed by atoms with Crippen LogP contribution in [0, 0.1) is 0 Å². The molecule has 0 bridgehead atoms. The van der Waals surface area contributed by atoms with Crippen LogP contribution in [0.4, 0.5) is 0 Å². The van der Waals surface area contributed by atoms with Gasteiger partial charge in [0.05, 0.1) is 11.9 Å². The lowest BCUT2D eigenvalue weighted by molar-refractivity contribution is 0.0699. The minimum atomic E-state index is -1.06. The zero-order valence-electron chi connectivity index (χ0n) is 9.62. The quantitative estimate of drug-likeness (QED) is 0.779. The first-order valence-corrected chi connectivity index (χ1v) is 5.87. The topological polar surface area (TPSA) is 67.5 Å². The summed E-state index contributed by atoms with van der Waals surface area (Å²) in [7, 11) is 0. The second-order valence-corrected chi connectivity index (χ2v) is 4.32. The molecule has 1 N–H and O–H groups in total. The van der Waals surface area contributed by atoms with Crippen molar-refractivity contribution in [3.8, 4) is 11.3 Å². The van der Waals surface area contributed by atoms with Gasteiger partial charge in [0.15, 0.2) is 5.65 Å². The molecular weight excluding hydrogens is 266 g/mol. The Morgan fingerprint density at radius 3 is 2.79 bits per heavy atom. The Labute approximate surface area is 113 Å². The number of carboxylic acids is 1. The summed E-state index contributed by atoms with van der Waals surface area (Å²) in [5.74, 6) is -1.06. The highest BCUT2D eigenvalue weighted by atomic mass is 35.5. The van der Waals surface area contributed by atoms with Gasteiger partial charge in [0, 0.05) is 16.8 Å². The van der Waals surface area contributed by atoms with Crippen LogP contribution in [0.2, 0.25) is 5.02 Å². The van der Waals surface area contributed by atoms with E-state index in [0.29, 0.717) is 16.4 Å². The van der Waals surface area contributed by atoms with Crippen LogP contribution in [-0.2, 0) is 0 Å². The molecule has 0 saturated heterocycles. The highest BCUT2D eigenvalue weighted by Crippen LogP contribution is 2.27. The van der Waals surface area contributed by atoms with E-state index in [4.69, 9.17) is 16.7 Å². The van der Waals surface area contributed by atoms with Crippen LogP contribution in [0.3, 0.4) is 0 Å². The molecule has 0 unspecified atom stereocenters. The lowest BCUT2D eigenvalue weighted by Crippen LogP contribution is -1.99. The average Bonchev–Trinajstić information content (AvgIpc) is 2.83. The van der Waals surface area contributed by atoms with Crippen LogP contribution in [0.25, 0.3) is 16.9 Å². The first-order valence-electron chi connectivity index (χ1n) is 5.49. The largest absolute Gasteiger partial charge is 0.477 e. The van der Waals surface area contributed by atoms with Gasteiger partial charge in [-0.1, -0.05) is 29.8 Å². The lowest BCUT2D eigenvalue weighted by Gasteiger charge is -2.06. The van der Waals surface area contributed by atoms with Crippen LogP contribution in [-0.4, -0.2) is 25.7 Å². The molecule has 3 aromatic rings. The Bertz CT molecular complexity index is 782. The number of halogens is 1. The van der Waals surface area contributed by atoms with Gasteiger partial charge in [-0.15, -0.1) is 0 Å².